The Balaban J connectivity index is 1.39. The molecule has 0 aliphatic heterocycles. The molecule has 6 aromatic heterocycles. The van der Waals surface area contributed by atoms with Crippen LogP contribution >= 0.6 is 68.0 Å². The highest BCUT2D eigenvalue weighted by atomic mass is 32.1. The Kier molecular flexibility index (Phi) is 15.7. The molecule has 0 aliphatic rings. The minimum atomic E-state index is 0.129. The maximum atomic E-state index is 9.36. The smallest absolute Gasteiger partial charge is 0.131 e. The van der Waals surface area contributed by atoms with Gasteiger partial charge in [-0.2, -0.15) is 21.0 Å². The number of thiophene rings is 6. The van der Waals surface area contributed by atoms with Gasteiger partial charge in [-0.05, 0) is 134 Å². The summed E-state index contributed by atoms with van der Waals surface area (Å²) in [4.78, 5) is 14.9. The fourth-order valence-corrected chi connectivity index (χ4v) is 14.4. The Morgan fingerprint density at radius 1 is 0.397 bits per heavy atom. The zero-order valence-electron chi connectivity index (χ0n) is 33.5. The number of allylic oxidation sites excluding steroid dienone is 2. The van der Waals surface area contributed by atoms with E-state index in [1.807, 2.05) is 81.8 Å². The first-order valence-electron chi connectivity index (χ1n) is 20.1. The van der Waals surface area contributed by atoms with E-state index < -0.39 is 0 Å². The molecule has 4 nitrogen and oxygen atoms in total. The summed E-state index contributed by atoms with van der Waals surface area (Å²) in [6.07, 6.45) is 16.7. The molecule has 0 radical (unpaired) electrons. The molecule has 6 rings (SSSR count). The average Bonchev–Trinajstić information content (AvgIpc) is 4.10. The first-order valence-corrected chi connectivity index (χ1v) is 25.0. The lowest BCUT2D eigenvalue weighted by molar-refractivity contribution is 0.764. The van der Waals surface area contributed by atoms with E-state index in [0.29, 0.717) is 0 Å². The van der Waals surface area contributed by atoms with Crippen molar-refractivity contribution in [1.29, 1.82) is 21.0 Å². The van der Waals surface area contributed by atoms with Gasteiger partial charge in [-0.25, -0.2) is 0 Å². The van der Waals surface area contributed by atoms with Gasteiger partial charge in [0, 0.05) is 58.5 Å². The molecule has 0 saturated carbocycles. The van der Waals surface area contributed by atoms with Gasteiger partial charge in [0.2, 0.25) is 0 Å². The minimum absolute atomic E-state index is 0.129. The summed E-state index contributed by atoms with van der Waals surface area (Å²) in [5.74, 6) is 0. The van der Waals surface area contributed by atoms with Gasteiger partial charge < -0.3 is 0 Å². The van der Waals surface area contributed by atoms with Gasteiger partial charge in [-0.1, -0.05) is 53.4 Å². The van der Waals surface area contributed by atoms with Crippen LogP contribution in [0, 0.1) is 45.3 Å². The third kappa shape index (κ3) is 9.90. The summed E-state index contributed by atoms with van der Waals surface area (Å²) in [5.41, 5.74) is 6.18. The predicted octanol–water partition coefficient (Wildman–Crippen LogP) is 16.6. The molecular weight excluding hydrogens is 825 g/mol. The largest absolute Gasteiger partial charge is 0.192 e. The van der Waals surface area contributed by atoms with Crippen LogP contribution in [-0.4, -0.2) is 0 Å². The summed E-state index contributed by atoms with van der Waals surface area (Å²) >= 11 is 11.0. The van der Waals surface area contributed by atoms with E-state index in [9.17, 15) is 21.0 Å². The van der Waals surface area contributed by atoms with Gasteiger partial charge in [0.05, 0.1) is 0 Å². The molecule has 0 aromatic carbocycles. The lowest BCUT2D eigenvalue weighted by atomic mass is 9.97. The lowest BCUT2D eigenvalue weighted by Crippen LogP contribution is -1.94. The van der Waals surface area contributed by atoms with Gasteiger partial charge in [-0.3, -0.25) is 0 Å². The summed E-state index contributed by atoms with van der Waals surface area (Å²) in [7, 11) is 0. The van der Waals surface area contributed by atoms with Crippen LogP contribution in [0.25, 0.3) is 60.9 Å². The molecule has 0 unspecified atom stereocenters. The number of rotatable bonds is 19. The predicted molar refractivity (Wildman–Crippen MR) is 254 cm³/mol. The van der Waals surface area contributed by atoms with Gasteiger partial charge >= 0.3 is 0 Å². The van der Waals surface area contributed by atoms with Crippen LogP contribution in [0.3, 0.4) is 0 Å². The van der Waals surface area contributed by atoms with E-state index in [4.69, 9.17) is 0 Å². The number of nitriles is 4. The minimum Gasteiger partial charge on any atom is -0.192 e. The van der Waals surface area contributed by atoms with Gasteiger partial charge in [0.25, 0.3) is 0 Å². The van der Waals surface area contributed by atoms with Gasteiger partial charge in [0.1, 0.15) is 35.4 Å². The number of nitrogens with zero attached hydrogens (tertiary/aromatic N) is 4. The van der Waals surface area contributed by atoms with Crippen LogP contribution < -0.4 is 0 Å². The Labute approximate surface area is 368 Å². The first-order chi connectivity index (χ1) is 28.4. The van der Waals surface area contributed by atoms with E-state index in [1.54, 1.807) is 34.8 Å². The molecule has 0 N–H and O–H groups in total. The fourth-order valence-electron chi connectivity index (χ4n) is 7.02. The molecular formula is C48H46N4S6. The third-order valence-corrected chi connectivity index (χ3v) is 17.7. The maximum absolute atomic E-state index is 9.36. The molecule has 58 heavy (non-hydrogen) atoms. The van der Waals surface area contributed by atoms with E-state index in [-0.39, 0.29) is 11.1 Å². The average molecular weight is 871 g/mol. The van der Waals surface area contributed by atoms with Crippen molar-refractivity contribution < 1.29 is 0 Å². The molecule has 294 valence electrons. The van der Waals surface area contributed by atoms with Crippen molar-refractivity contribution in [3.8, 4) is 73.0 Å². The van der Waals surface area contributed by atoms with Crippen molar-refractivity contribution in [2.24, 2.45) is 0 Å². The lowest BCUT2D eigenvalue weighted by Gasteiger charge is -2.08. The van der Waals surface area contributed by atoms with Crippen LogP contribution in [-0.2, 0) is 25.7 Å². The molecule has 0 bridgehead atoms. The molecule has 0 fully saturated rings. The van der Waals surface area contributed by atoms with E-state index in [1.165, 1.54) is 71.0 Å². The van der Waals surface area contributed by atoms with Crippen molar-refractivity contribution in [3.05, 3.63) is 91.7 Å². The molecule has 10 heteroatoms. The quantitative estimate of drug-likeness (QED) is 0.0758. The van der Waals surface area contributed by atoms with Crippen molar-refractivity contribution in [2.45, 2.75) is 105 Å². The molecule has 0 spiro atoms. The molecule has 6 heterocycles. The SMILES string of the molecule is CCCCc1c(-c2ccc(C=C(C#N)C#N)s2)sc(-c2ccc(-c3ccc(-c4sc(-c5ccc(C=C(C#N)C#N)s5)c(CCCC)c4CCCC)s3)s2)c1CCCC. The summed E-state index contributed by atoms with van der Waals surface area (Å²) in [5, 5.41) is 37.4. The van der Waals surface area contributed by atoms with E-state index in [2.05, 4.69) is 64.1 Å². The van der Waals surface area contributed by atoms with Crippen molar-refractivity contribution >= 4 is 80.2 Å². The molecule has 0 aliphatic carbocycles. The normalized spacial score (nSPS) is 10.8. The second-order valence-corrected chi connectivity index (χ2v) is 20.6. The number of hydrogen-bond acceptors (Lipinski definition) is 10. The molecule has 0 atom stereocenters. The standard InChI is InChI=1S/C48H46N4S6/c1-5-9-13-35-37(15-11-7-3)47(57-45(35)41-19-17-33(53-41)25-31(27-49)28-50)43-23-21-39(55-43)40-22-24-44(56-40)48-38(16-12-8-4)36(14-10-6-2)46(58-48)42-20-18-34(54-42)26-32(29-51)30-52/h17-26H,5-16H2,1-4H3. The molecule has 6 aromatic rings. The molecule has 0 amide bonds. The monoisotopic (exact) mass is 870 g/mol. The first kappa shape index (κ1) is 43.2. The Bertz CT molecular complexity index is 2370. The Hall–Kier alpha value is -4.36. The summed E-state index contributed by atoms with van der Waals surface area (Å²) in [6.45, 7) is 9.05. The Morgan fingerprint density at radius 2 is 0.672 bits per heavy atom. The second kappa shape index (κ2) is 21.1. The van der Waals surface area contributed by atoms with Gasteiger partial charge in [-0.15, -0.1) is 68.0 Å². The zero-order chi connectivity index (χ0) is 41.0. The van der Waals surface area contributed by atoms with Crippen LogP contribution in [0.15, 0.2) is 59.7 Å². The van der Waals surface area contributed by atoms with Crippen LogP contribution in [0.1, 0.15) is 111 Å². The molecule has 0 saturated heterocycles. The highest BCUT2D eigenvalue weighted by Gasteiger charge is 2.24. The highest BCUT2D eigenvalue weighted by Crippen LogP contribution is 2.51. The fraction of sp³-hybridized carbons (Fsp3) is 0.333. The van der Waals surface area contributed by atoms with Crippen molar-refractivity contribution in [2.75, 3.05) is 0 Å². The van der Waals surface area contributed by atoms with Crippen LogP contribution in [0.5, 0.6) is 0 Å². The zero-order valence-corrected chi connectivity index (χ0v) is 38.4. The maximum Gasteiger partial charge on any atom is 0.131 e. The summed E-state index contributed by atoms with van der Waals surface area (Å²) < 4.78 is 0. The van der Waals surface area contributed by atoms with Crippen molar-refractivity contribution in [1.82, 2.24) is 0 Å². The Morgan fingerprint density at radius 3 is 0.966 bits per heavy atom. The van der Waals surface area contributed by atoms with Crippen LogP contribution in [0.4, 0.5) is 0 Å². The third-order valence-electron chi connectivity index (χ3n) is 10.0. The van der Waals surface area contributed by atoms with E-state index in [0.717, 1.165) is 86.8 Å². The highest BCUT2D eigenvalue weighted by molar-refractivity contribution is 7.30. The second-order valence-electron chi connectivity index (χ2n) is 14.1. The number of unbranched alkanes of at least 4 members (excludes halogenated alkanes) is 4. The summed E-state index contributed by atoms with van der Waals surface area (Å²) in [6, 6.07) is 25.7. The topological polar surface area (TPSA) is 95.2 Å². The van der Waals surface area contributed by atoms with Gasteiger partial charge in [0.15, 0.2) is 0 Å². The van der Waals surface area contributed by atoms with Crippen molar-refractivity contribution in [3.63, 3.8) is 0 Å². The van der Waals surface area contributed by atoms with E-state index >= 15 is 0 Å². The number of hydrogen-bond donors (Lipinski definition) is 0. The van der Waals surface area contributed by atoms with Crippen LogP contribution in [0.2, 0.25) is 0 Å².